The third-order valence-electron chi connectivity index (χ3n) is 1.95. The Bertz CT molecular complexity index is 435. The predicted octanol–water partition coefficient (Wildman–Crippen LogP) is 2.59. The largest absolute Gasteiger partial charge is 0.492 e. The maximum absolute atomic E-state index is 12.6. The van der Waals surface area contributed by atoms with Crippen LogP contribution in [0.25, 0.3) is 0 Å². The van der Waals surface area contributed by atoms with Gasteiger partial charge in [0.15, 0.2) is 11.5 Å². The summed E-state index contributed by atoms with van der Waals surface area (Å²) in [5.74, 6) is -0.686. The summed E-state index contributed by atoms with van der Waals surface area (Å²) in [6.07, 6.45) is -4.55. The minimum atomic E-state index is -4.55. The summed E-state index contributed by atoms with van der Waals surface area (Å²) in [5.41, 5.74) is -0.974. The first kappa shape index (κ1) is 12.2. The number of methoxy groups -OCH3 is 2. The molecule has 0 aromatic heterocycles. The Morgan fingerprint density at radius 3 is 2.06 bits per heavy atom. The zero-order valence-electron chi connectivity index (χ0n) is 8.55. The van der Waals surface area contributed by atoms with Gasteiger partial charge in [0.2, 0.25) is 0 Å². The summed E-state index contributed by atoms with van der Waals surface area (Å²) in [6.45, 7) is 0. The summed E-state index contributed by atoms with van der Waals surface area (Å²) >= 11 is 0. The fourth-order valence-corrected chi connectivity index (χ4v) is 1.28. The molecule has 1 rings (SSSR count). The van der Waals surface area contributed by atoms with Gasteiger partial charge in [-0.2, -0.15) is 18.4 Å². The van der Waals surface area contributed by atoms with Crippen LogP contribution in [-0.2, 0) is 6.18 Å². The van der Waals surface area contributed by atoms with Crippen molar-refractivity contribution in [2.75, 3.05) is 14.2 Å². The molecule has 0 aliphatic heterocycles. The molecule has 0 aliphatic rings. The maximum Gasteiger partial charge on any atom is 0.420 e. The number of halogens is 3. The molecule has 0 heterocycles. The van der Waals surface area contributed by atoms with Crippen molar-refractivity contribution in [2.24, 2.45) is 0 Å². The predicted molar refractivity (Wildman–Crippen MR) is 49.3 cm³/mol. The molecule has 3 nitrogen and oxygen atoms in total. The molecule has 0 N–H and O–H groups in total. The quantitative estimate of drug-likeness (QED) is 0.785. The van der Waals surface area contributed by atoms with Gasteiger partial charge >= 0.3 is 6.18 Å². The molecule has 0 saturated heterocycles. The van der Waals surface area contributed by atoms with Crippen molar-refractivity contribution in [1.82, 2.24) is 0 Å². The van der Waals surface area contributed by atoms with Gasteiger partial charge in [-0.3, -0.25) is 0 Å². The van der Waals surface area contributed by atoms with Gasteiger partial charge in [-0.15, -0.1) is 0 Å². The fourth-order valence-electron chi connectivity index (χ4n) is 1.28. The van der Waals surface area contributed by atoms with Crippen LogP contribution in [0.1, 0.15) is 11.1 Å². The van der Waals surface area contributed by atoms with Crippen molar-refractivity contribution < 1.29 is 22.6 Å². The lowest BCUT2D eigenvalue weighted by Crippen LogP contribution is -2.09. The molecule has 16 heavy (non-hydrogen) atoms. The first-order valence-electron chi connectivity index (χ1n) is 4.18. The number of nitrogens with zero attached hydrogens (tertiary/aromatic N) is 1. The molecule has 1 aromatic carbocycles. The molecule has 0 radical (unpaired) electrons. The molecule has 86 valence electrons. The van der Waals surface area contributed by atoms with E-state index in [1.54, 1.807) is 6.07 Å². The van der Waals surface area contributed by atoms with E-state index in [1.165, 1.54) is 7.11 Å². The van der Waals surface area contributed by atoms with Crippen LogP contribution in [0.2, 0.25) is 0 Å². The molecule has 0 fully saturated rings. The van der Waals surface area contributed by atoms with Crippen molar-refractivity contribution in [1.29, 1.82) is 5.26 Å². The van der Waals surface area contributed by atoms with E-state index in [0.29, 0.717) is 0 Å². The second-order valence-corrected chi connectivity index (χ2v) is 2.84. The van der Waals surface area contributed by atoms with Crippen LogP contribution in [0, 0.1) is 11.3 Å². The van der Waals surface area contributed by atoms with Crippen LogP contribution >= 0.6 is 0 Å². The van der Waals surface area contributed by atoms with Crippen LogP contribution in [0.5, 0.6) is 11.5 Å². The maximum atomic E-state index is 12.6. The van der Waals surface area contributed by atoms with Crippen LogP contribution in [0.4, 0.5) is 13.2 Å². The summed E-state index contributed by atoms with van der Waals surface area (Å²) in [6, 6.07) is 3.56. The topological polar surface area (TPSA) is 42.2 Å². The van der Waals surface area contributed by atoms with Gasteiger partial charge in [-0.1, -0.05) is 0 Å². The highest BCUT2D eigenvalue weighted by Gasteiger charge is 2.36. The Morgan fingerprint density at radius 2 is 1.69 bits per heavy atom. The number of nitriles is 1. The van der Waals surface area contributed by atoms with Crippen LogP contribution in [0.3, 0.4) is 0 Å². The molecular weight excluding hydrogens is 223 g/mol. The lowest BCUT2D eigenvalue weighted by molar-refractivity contribution is -0.138. The van der Waals surface area contributed by atoms with E-state index < -0.39 is 17.5 Å². The SMILES string of the molecule is COc1c(C#N)ccc(C(F)(F)F)c1OC. The van der Waals surface area contributed by atoms with Gasteiger partial charge in [-0.05, 0) is 12.1 Å². The van der Waals surface area contributed by atoms with Gasteiger partial charge in [0.25, 0.3) is 0 Å². The summed E-state index contributed by atoms with van der Waals surface area (Å²) in [7, 11) is 2.27. The lowest BCUT2D eigenvalue weighted by Gasteiger charge is -2.15. The summed E-state index contributed by atoms with van der Waals surface area (Å²) in [4.78, 5) is 0. The van der Waals surface area contributed by atoms with Crippen molar-refractivity contribution >= 4 is 0 Å². The number of benzene rings is 1. The number of hydrogen-bond donors (Lipinski definition) is 0. The van der Waals surface area contributed by atoms with Gasteiger partial charge in [-0.25, -0.2) is 0 Å². The zero-order valence-corrected chi connectivity index (χ0v) is 8.55. The molecular formula is C10H8F3NO2. The molecule has 0 unspecified atom stereocenters. The highest BCUT2D eigenvalue weighted by Crippen LogP contribution is 2.42. The van der Waals surface area contributed by atoms with Crippen LogP contribution in [0.15, 0.2) is 12.1 Å². The average Bonchev–Trinajstić information content (AvgIpc) is 2.25. The zero-order chi connectivity index (χ0) is 12.3. The van der Waals surface area contributed by atoms with E-state index in [9.17, 15) is 13.2 Å². The van der Waals surface area contributed by atoms with Gasteiger partial charge in [0, 0.05) is 0 Å². The Hall–Kier alpha value is -1.90. The van der Waals surface area contributed by atoms with E-state index in [0.717, 1.165) is 19.2 Å². The minimum absolute atomic E-state index is 0.00708. The third kappa shape index (κ3) is 2.03. The van der Waals surface area contributed by atoms with E-state index >= 15 is 0 Å². The number of rotatable bonds is 2. The molecule has 0 amide bonds. The lowest BCUT2D eigenvalue weighted by atomic mass is 10.1. The van der Waals surface area contributed by atoms with E-state index in [4.69, 9.17) is 10.00 Å². The third-order valence-corrected chi connectivity index (χ3v) is 1.95. The highest BCUT2D eigenvalue weighted by atomic mass is 19.4. The Labute approximate surface area is 90.0 Å². The number of alkyl halides is 3. The Morgan fingerprint density at radius 1 is 1.12 bits per heavy atom. The monoisotopic (exact) mass is 231 g/mol. The van der Waals surface area contributed by atoms with Crippen molar-refractivity contribution in [2.45, 2.75) is 6.18 Å². The highest BCUT2D eigenvalue weighted by molar-refractivity contribution is 5.57. The molecule has 0 atom stereocenters. The normalized spacial score (nSPS) is 10.8. The first-order valence-corrected chi connectivity index (χ1v) is 4.18. The van der Waals surface area contributed by atoms with Gasteiger partial charge in [0.1, 0.15) is 11.6 Å². The molecule has 1 aromatic rings. The second kappa shape index (κ2) is 4.31. The number of hydrogen-bond acceptors (Lipinski definition) is 3. The first-order chi connectivity index (χ1) is 7.45. The molecule has 6 heteroatoms. The molecule has 0 bridgehead atoms. The number of ether oxygens (including phenoxy) is 2. The Balaban J connectivity index is 3.51. The standard InChI is InChI=1S/C10H8F3NO2/c1-15-8-6(5-14)3-4-7(9(8)16-2)10(11,12)13/h3-4H,1-2H3. The van der Waals surface area contributed by atoms with Crippen molar-refractivity contribution in [3.63, 3.8) is 0 Å². The second-order valence-electron chi connectivity index (χ2n) is 2.84. The Kier molecular flexibility index (Phi) is 3.28. The van der Waals surface area contributed by atoms with Crippen molar-refractivity contribution in [3.8, 4) is 17.6 Å². The smallest absolute Gasteiger partial charge is 0.420 e. The summed E-state index contributed by atoms with van der Waals surface area (Å²) in [5, 5.41) is 8.70. The molecule has 0 aliphatic carbocycles. The summed E-state index contributed by atoms with van der Waals surface area (Å²) < 4.78 is 47.1. The van der Waals surface area contributed by atoms with Gasteiger partial charge in [0.05, 0.1) is 19.8 Å². The van der Waals surface area contributed by atoms with E-state index in [-0.39, 0.29) is 11.3 Å². The average molecular weight is 231 g/mol. The van der Waals surface area contributed by atoms with Crippen LogP contribution < -0.4 is 9.47 Å². The van der Waals surface area contributed by atoms with Crippen molar-refractivity contribution in [3.05, 3.63) is 23.3 Å². The molecule has 0 spiro atoms. The minimum Gasteiger partial charge on any atom is -0.492 e. The van der Waals surface area contributed by atoms with Crippen LogP contribution in [-0.4, -0.2) is 14.2 Å². The van der Waals surface area contributed by atoms with Gasteiger partial charge < -0.3 is 9.47 Å². The molecule has 0 saturated carbocycles. The van der Waals surface area contributed by atoms with E-state index in [2.05, 4.69) is 4.74 Å². The fraction of sp³-hybridized carbons (Fsp3) is 0.300. The van der Waals surface area contributed by atoms with E-state index in [1.807, 2.05) is 0 Å².